The van der Waals surface area contributed by atoms with E-state index in [9.17, 15) is 0 Å². The molecule has 0 bridgehead atoms. The molecule has 0 radical (unpaired) electrons. The van der Waals surface area contributed by atoms with Crippen LogP contribution in [0.15, 0.2) is 36.5 Å². The van der Waals surface area contributed by atoms with Gasteiger partial charge < -0.3 is 10.2 Å². The summed E-state index contributed by atoms with van der Waals surface area (Å²) in [6.07, 6.45) is 5.08. The van der Waals surface area contributed by atoms with Gasteiger partial charge >= 0.3 is 0 Å². The molecule has 1 aromatic heterocycles. The van der Waals surface area contributed by atoms with Crippen LogP contribution in [0.3, 0.4) is 0 Å². The van der Waals surface area contributed by atoms with E-state index in [-0.39, 0.29) is 0 Å². The number of aromatic nitrogens is 3. The molecule has 2 heterocycles. The average Bonchev–Trinajstić information content (AvgIpc) is 2.57. The maximum atomic E-state index is 4.59. The van der Waals surface area contributed by atoms with Crippen LogP contribution in [0, 0.1) is 5.92 Å². The molecule has 0 unspecified atom stereocenters. The number of hydrogen-bond acceptors (Lipinski definition) is 5. The normalized spacial score (nSPS) is 15.8. The minimum Gasteiger partial charge on any atom is -0.368 e. The summed E-state index contributed by atoms with van der Waals surface area (Å²) in [5.41, 5.74) is 1.32. The van der Waals surface area contributed by atoms with E-state index >= 15 is 0 Å². The molecule has 0 amide bonds. The summed E-state index contributed by atoms with van der Waals surface area (Å²) < 4.78 is 0. The second kappa shape index (κ2) is 7.20. The fraction of sp³-hybridized carbons (Fsp3) is 0.471. The standard InChI is InChI=1S/C17H23N5/c1-14-8-11-22(12-9-14)17-20-16(13-19-21-17)18-10-7-15-5-3-2-4-6-15/h2-6,13-14H,7-12H2,1H3,(H,18,20,21). The third kappa shape index (κ3) is 3.93. The molecule has 1 aliphatic rings. The highest BCUT2D eigenvalue weighted by Crippen LogP contribution is 2.20. The van der Waals surface area contributed by atoms with Crippen molar-refractivity contribution in [3.05, 3.63) is 42.1 Å². The topological polar surface area (TPSA) is 53.9 Å². The van der Waals surface area contributed by atoms with Crippen LogP contribution in [-0.2, 0) is 6.42 Å². The van der Waals surface area contributed by atoms with Crippen LogP contribution in [0.1, 0.15) is 25.3 Å². The predicted molar refractivity (Wildman–Crippen MR) is 89.1 cm³/mol. The molecule has 0 aliphatic carbocycles. The molecule has 1 saturated heterocycles. The lowest BCUT2D eigenvalue weighted by Crippen LogP contribution is -2.34. The van der Waals surface area contributed by atoms with Crippen molar-refractivity contribution in [3.8, 4) is 0 Å². The molecule has 0 saturated carbocycles. The number of nitrogens with zero attached hydrogens (tertiary/aromatic N) is 4. The Balaban J connectivity index is 1.55. The molecule has 22 heavy (non-hydrogen) atoms. The van der Waals surface area contributed by atoms with Crippen molar-refractivity contribution < 1.29 is 0 Å². The Labute approximate surface area is 131 Å². The van der Waals surface area contributed by atoms with Crippen LogP contribution < -0.4 is 10.2 Å². The molecule has 1 aromatic carbocycles. The largest absolute Gasteiger partial charge is 0.368 e. The highest BCUT2D eigenvalue weighted by molar-refractivity contribution is 5.39. The first-order chi connectivity index (χ1) is 10.8. The van der Waals surface area contributed by atoms with Crippen LogP contribution in [0.5, 0.6) is 0 Å². The molecular formula is C17H23N5. The molecule has 116 valence electrons. The Kier molecular flexibility index (Phi) is 4.83. The van der Waals surface area contributed by atoms with Crippen molar-refractivity contribution in [2.75, 3.05) is 29.9 Å². The maximum absolute atomic E-state index is 4.59. The third-order valence-electron chi connectivity index (χ3n) is 4.18. The van der Waals surface area contributed by atoms with E-state index in [1.165, 1.54) is 18.4 Å². The van der Waals surface area contributed by atoms with Gasteiger partial charge in [-0.2, -0.15) is 10.1 Å². The van der Waals surface area contributed by atoms with Gasteiger partial charge in [0.2, 0.25) is 5.95 Å². The molecule has 0 atom stereocenters. The molecule has 1 fully saturated rings. The highest BCUT2D eigenvalue weighted by Gasteiger charge is 2.18. The maximum Gasteiger partial charge on any atom is 0.247 e. The van der Waals surface area contributed by atoms with Gasteiger partial charge in [0.1, 0.15) is 0 Å². The van der Waals surface area contributed by atoms with Gasteiger partial charge in [0.25, 0.3) is 0 Å². The smallest absolute Gasteiger partial charge is 0.247 e. The fourth-order valence-electron chi connectivity index (χ4n) is 2.70. The summed E-state index contributed by atoms with van der Waals surface area (Å²) in [6.45, 7) is 5.20. The lowest BCUT2D eigenvalue weighted by atomic mass is 10.00. The van der Waals surface area contributed by atoms with E-state index in [4.69, 9.17) is 0 Å². The van der Waals surface area contributed by atoms with Gasteiger partial charge in [0.15, 0.2) is 5.82 Å². The van der Waals surface area contributed by atoms with Crippen LogP contribution in [0.2, 0.25) is 0 Å². The third-order valence-corrected chi connectivity index (χ3v) is 4.18. The Morgan fingerprint density at radius 3 is 2.73 bits per heavy atom. The van der Waals surface area contributed by atoms with E-state index in [2.05, 4.69) is 56.6 Å². The Morgan fingerprint density at radius 1 is 1.18 bits per heavy atom. The zero-order valence-electron chi connectivity index (χ0n) is 13.1. The monoisotopic (exact) mass is 297 g/mol. The SMILES string of the molecule is CC1CCN(c2nncc(NCCc3ccccc3)n2)CC1. The number of anilines is 2. The van der Waals surface area contributed by atoms with Crippen LogP contribution in [0.4, 0.5) is 11.8 Å². The van der Waals surface area contributed by atoms with Crippen molar-refractivity contribution in [1.82, 2.24) is 15.2 Å². The molecule has 1 aliphatic heterocycles. The van der Waals surface area contributed by atoms with Crippen LogP contribution in [0.25, 0.3) is 0 Å². The van der Waals surface area contributed by atoms with E-state index in [1.54, 1.807) is 6.20 Å². The molecule has 0 spiro atoms. The zero-order chi connectivity index (χ0) is 15.2. The lowest BCUT2D eigenvalue weighted by molar-refractivity contribution is 0.433. The van der Waals surface area contributed by atoms with Gasteiger partial charge in [0, 0.05) is 19.6 Å². The Morgan fingerprint density at radius 2 is 1.95 bits per heavy atom. The number of benzene rings is 1. The van der Waals surface area contributed by atoms with Crippen LogP contribution >= 0.6 is 0 Å². The van der Waals surface area contributed by atoms with Gasteiger partial charge in [-0.15, -0.1) is 5.10 Å². The van der Waals surface area contributed by atoms with E-state index in [1.807, 2.05) is 6.07 Å². The number of nitrogens with one attached hydrogen (secondary N) is 1. The summed E-state index contributed by atoms with van der Waals surface area (Å²) in [5, 5.41) is 11.6. The number of piperidine rings is 1. The fourth-order valence-corrected chi connectivity index (χ4v) is 2.70. The summed E-state index contributed by atoms with van der Waals surface area (Å²) in [5.74, 6) is 2.35. The van der Waals surface area contributed by atoms with Gasteiger partial charge in [0.05, 0.1) is 6.20 Å². The van der Waals surface area contributed by atoms with E-state index in [0.29, 0.717) is 0 Å². The van der Waals surface area contributed by atoms with E-state index in [0.717, 1.165) is 43.7 Å². The Bertz CT molecular complexity index is 579. The molecule has 2 aromatic rings. The highest BCUT2D eigenvalue weighted by atomic mass is 15.3. The molecule has 5 heteroatoms. The summed E-state index contributed by atoms with van der Waals surface area (Å²) in [7, 11) is 0. The molecule has 3 rings (SSSR count). The van der Waals surface area contributed by atoms with E-state index < -0.39 is 0 Å². The first-order valence-electron chi connectivity index (χ1n) is 8.04. The van der Waals surface area contributed by atoms with Crippen LogP contribution in [-0.4, -0.2) is 34.8 Å². The van der Waals surface area contributed by atoms with Crippen molar-refractivity contribution >= 4 is 11.8 Å². The minimum absolute atomic E-state index is 0.747. The minimum atomic E-state index is 0.747. The second-order valence-electron chi connectivity index (χ2n) is 5.97. The number of rotatable bonds is 5. The van der Waals surface area contributed by atoms with Gasteiger partial charge in [-0.05, 0) is 30.7 Å². The average molecular weight is 297 g/mol. The first-order valence-corrected chi connectivity index (χ1v) is 8.04. The summed E-state index contributed by atoms with van der Waals surface area (Å²) in [6, 6.07) is 10.4. The van der Waals surface area contributed by atoms with Crippen molar-refractivity contribution in [3.63, 3.8) is 0 Å². The molecule has 1 N–H and O–H groups in total. The summed E-state index contributed by atoms with van der Waals surface area (Å²) >= 11 is 0. The first kappa shape index (κ1) is 14.8. The second-order valence-corrected chi connectivity index (χ2v) is 5.97. The molecule has 5 nitrogen and oxygen atoms in total. The zero-order valence-corrected chi connectivity index (χ0v) is 13.1. The van der Waals surface area contributed by atoms with Gasteiger partial charge in [-0.1, -0.05) is 37.3 Å². The van der Waals surface area contributed by atoms with Crippen molar-refractivity contribution in [2.24, 2.45) is 5.92 Å². The van der Waals surface area contributed by atoms with Gasteiger partial charge in [-0.3, -0.25) is 0 Å². The molecular weight excluding hydrogens is 274 g/mol. The quantitative estimate of drug-likeness (QED) is 0.919. The number of hydrogen-bond donors (Lipinski definition) is 1. The Hall–Kier alpha value is -2.17. The lowest BCUT2D eigenvalue weighted by Gasteiger charge is -2.29. The van der Waals surface area contributed by atoms with Crippen molar-refractivity contribution in [2.45, 2.75) is 26.2 Å². The summed E-state index contributed by atoms with van der Waals surface area (Å²) in [4.78, 5) is 6.83. The van der Waals surface area contributed by atoms with Gasteiger partial charge in [-0.25, -0.2) is 0 Å². The van der Waals surface area contributed by atoms with Crippen molar-refractivity contribution in [1.29, 1.82) is 0 Å². The predicted octanol–water partition coefficient (Wildman–Crippen LogP) is 2.76.